The second-order valence-corrected chi connectivity index (χ2v) is 8.27. The summed E-state index contributed by atoms with van der Waals surface area (Å²) < 4.78 is 32.6. The fraction of sp³-hybridized carbons (Fsp3) is 0.200. The molecule has 1 amide bonds. The number of esters is 1. The van der Waals surface area contributed by atoms with E-state index in [9.17, 15) is 22.8 Å². The average molecular weight is 444 g/mol. The van der Waals surface area contributed by atoms with Gasteiger partial charge >= 0.3 is 5.97 Å². The summed E-state index contributed by atoms with van der Waals surface area (Å²) in [5.41, 5.74) is 5.25. The highest BCUT2D eigenvalue weighted by Gasteiger charge is 2.17. The van der Waals surface area contributed by atoms with Gasteiger partial charge in [-0.15, -0.1) is 0 Å². The van der Waals surface area contributed by atoms with Gasteiger partial charge in [-0.1, -0.05) is 19.1 Å². The maximum absolute atomic E-state index is 12.7. The minimum absolute atomic E-state index is 0.0115. The predicted molar refractivity (Wildman–Crippen MR) is 112 cm³/mol. The lowest BCUT2D eigenvalue weighted by atomic mass is 10.2. The van der Waals surface area contributed by atoms with Crippen molar-refractivity contribution in [2.24, 2.45) is 5.73 Å². The molecule has 10 nitrogen and oxygen atoms in total. The van der Waals surface area contributed by atoms with E-state index in [0.29, 0.717) is 10.9 Å². The predicted octanol–water partition coefficient (Wildman–Crippen LogP) is 0.537. The largest absolute Gasteiger partial charge is 0.454 e. The first-order chi connectivity index (χ1) is 14.7. The van der Waals surface area contributed by atoms with E-state index in [1.165, 1.54) is 24.3 Å². The SMILES string of the molecule is CCNS(=O)(=O)c1ccc(C(=O)OCc2nc3ccccc3c(=O)n2CC(N)=O)cc1. The standard InChI is InChI=1S/C20H20N4O6S/c1-2-22-31(28,29)14-9-7-13(8-10-14)20(27)30-12-18-23-16-6-4-3-5-15(16)19(26)24(18)11-17(21)25/h3-10,22H,2,11-12H2,1H3,(H2,21,25). The molecule has 0 aliphatic carbocycles. The smallest absolute Gasteiger partial charge is 0.338 e. The second-order valence-electron chi connectivity index (χ2n) is 6.50. The molecule has 0 fully saturated rings. The van der Waals surface area contributed by atoms with Crippen LogP contribution in [0.4, 0.5) is 0 Å². The van der Waals surface area contributed by atoms with E-state index in [4.69, 9.17) is 10.5 Å². The molecule has 0 aliphatic rings. The topological polar surface area (TPSA) is 150 Å². The van der Waals surface area contributed by atoms with Crippen molar-refractivity contribution in [2.45, 2.75) is 25.0 Å². The maximum Gasteiger partial charge on any atom is 0.338 e. The van der Waals surface area contributed by atoms with Crippen molar-refractivity contribution >= 4 is 32.8 Å². The molecule has 0 bridgehead atoms. The van der Waals surface area contributed by atoms with Gasteiger partial charge in [0.25, 0.3) is 5.56 Å². The lowest BCUT2D eigenvalue weighted by Crippen LogP contribution is -2.32. The molecular formula is C20H20N4O6S. The monoisotopic (exact) mass is 444 g/mol. The molecule has 0 radical (unpaired) electrons. The third kappa shape index (κ3) is 4.95. The highest BCUT2D eigenvalue weighted by atomic mass is 32.2. The molecule has 0 atom stereocenters. The van der Waals surface area contributed by atoms with E-state index < -0.39 is 34.0 Å². The Morgan fingerprint density at radius 1 is 1.13 bits per heavy atom. The quantitative estimate of drug-likeness (QED) is 0.481. The minimum atomic E-state index is -3.64. The average Bonchev–Trinajstić information content (AvgIpc) is 2.74. The number of benzene rings is 2. The molecule has 0 aliphatic heterocycles. The third-order valence-corrected chi connectivity index (χ3v) is 5.88. The Morgan fingerprint density at radius 2 is 1.81 bits per heavy atom. The Kier molecular flexibility index (Phi) is 6.47. The number of sulfonamides is 1. The van der Waals surface area contributed by atoms with Crippen molar-refractivity contribution in [1.82, 2.24) is 14.3 Å². The van der Waals surface area contributed by atoms with Crippen LogP contribution in [-0.4, -0.2) is 36.4 Å². The first-order valence-corrected chi connectivity index (χ1v) is 10.7. The van der Waals surface area contributed by atoms with Crippen molar-refractivity contribution in [2.75, 3.05) is 6.54 Å². The van der Waals surface area contributed by atoms with Gasteiger partial charge in [0.1, 0.15) is 13.2 Å². The summed E-state index contributed by atoms with van der Waals surface area (Å²) in [7, 11) is -3.64. The maximum atomic E-state index is 12.7. The number of nitrogens with zero attached hydrogens (tertiary/aromatic N) is 2. The lowest BCUT2D eigenvalue weighted by molar-refractivity contribution is -0.118. The number of aromatic nitrogens is 2. The molecule has 3 N–H and O–H groups in total. The van der Waals surface area contributed by atoms with Crippen molar-refractivity contribution in [3.8, 4) is 0 Å². The zero-order valence-electron chi connectivity index (χ0n) is 16.6. The number of para-hydroxylation sites is 1. The third-order valence-electron chi connectivity index (χ3n) is 4.32. The van der Waals surface area contributed by atoms with Gasteiger partial charge in [0.05, 0.1) is 21.4 Å². The van der Waals surface area contributed by atoms with E-state index in [1.54, 1.807) is 31.2 Å². The molecule has 0 saturated carbocycles. The number of nitrogens with one attached hydrogen (secondary N) is 1. The number of ether oxygens (including phenoxy) is 1. The van der Waals surface area contributed by atoms with Crippen molar-refractivity contribution in [3.05, 3.63) is 70.3 Å². The van der Waals surface area contributed by atoms with E-state index in [2.05, 4.69) is 9.71 Å². The van der Waals surface area contributed by atoms with Crippen LogP contribution in [0.5, 0.6) is 0 Å². The molecular weight excluding hydrogens is 424 g/mol. The van der Waals surface area contributed by atoms with Crippen LogP contribution in [0.15, 0.2) is 58.2 Å². The van der Waals surface area contributed by atoms with E-state index >= 15 is 0 Å². The first-order valence-electron chi connectivity index (χ1n) is 9.26. The van der Waals surface area contributed by atoms with Crippen LogP contribution in [0.2, 0.25) is 0 Å². The molecule has 0 saturated heterocycles. The molecule has 0 spiro atoms. The Hall–Kier alpha value is -3.57. The number of hydrogen-bond acceptors (Lipinski definition) is 7. The number of carbonyl (C=O) groups is 2. The highest BCUT2D eigenvalue weighted by molar-refractivity contribution is 7.89. The van der Waals surface area contributed by atoms with Crippen molar-refractivity contribution < 1.29 is 22.7 Å². The molecule has 1 heterocycles. The number of carbonyl (C=O) groups excluding carboxylic acids is 2. The molecule has 31 heavy (non-hydrogen) atoms. The Bertz CT molecular complexity index is 1300. The minimum Gasteiger partial charge on any atom is -0.454 e. The fourth-order valence-corrected chi connectivity index (χ4v) is 3.94. The number of nitrogens with two attached hydrogens (primary N) is 1. The number of primary amides is 1. The van der Waals surface area contributed by atoms with E-state index in [0.717, 1.165) is 4.57 Å². The second kappa shape index (κ2) is 9.06. The summed E-state index contributed by atoms with van der Waals surface area (Å²) in [5.74, 6) is -1.44. The normalized spacial score (nSPS) is 11.4. The summed E-state index contributed by atoms with van der Waals surface area (Å²) in [6.07, 6.45) is 0. The van der Waals surface area contributed by atoms with Crippen LogP contribution in [0.3, 0.4) is 0 Å². The molecule has 2 aromatic carbocycles. The molecule has 162 valence electrons. The Balaban J connectivity index is 1.84. The van der Waals surface area contributed by atoms with Gasteiger partial charge in [-0.2, -0.15) is 0 Å². The number of fused-ring (bicyclic) bond motifs is 1. The summed E-state index contributed by atoms with van der Waals surface area (Å²) in [6, 6.07) is 11.8. The van der Waals surface area contributed by atoms with Gasteiger partial charge in [-0.3, -0.25) is 14.2 Å². The van der Waals surface area contributed by atoms with E-state index in [-0.39, 0.29) is 29.4 Å². The zero-order valence-corrected chi connectivity index (χ0v) is 17.4. The van der Waals surface area contributed by atoms with Crippen molar-refractivity contribution in [1.29, 1.82) is 0 Å². The van der Waals surface area contributed by atoms with E-state index in [1.807, 2.05) is 0 Å². The summed E-state index contributed by atoms with van der Waals surface area (Å²) in [6.45, 7) is 1.09. The molecule has 3 rings (SSSR count). The first kappa shape index (κ1) is 22.1. The lowest BCUT2D eigenvalue weighted by Gasteiger charge is -2.12. The molecule has 3 aromatic rings. The van der Waals surface area contributed by atoms with Crippen LogP contribution >= 0.6 is 0 Å². The van der Waals surface area contributed by atoms with Gasteiger partial charge < -0.3 is 10.5 Å². The van der Waals surface area contributed by atoms with Gasteiger partial charge in [0.2, 0.25) is 15.9 Å². The van der Waals surface area contributed by atoms with Crippen LogP contribution < -0.4 is 16.0 Å². The van der Waals surface area contributed by atoms with Crippen molar-refractivity contribution in [3.63, 3.8) is 0 Å². The number of amides is 1. The summed E-state index contributed by atoms with van der Waals surface area (Å²) >= 11 is 0. The number of rotatable bonds is 8. The molecule has 1 aromatic heterocycles. The van der Waals surface area contributed by atoms with Gasteiger partial charge in [0, 0.05) is 6.54 Å². The zero-order chi connectivity index (χ0) is 22.6. The van der Waals surface area contributed by atoms with Crippen LogP contribution in [0.1, 0.15) is 23.1 Å². The molecule has 11 heteroatoms. The Labute approximate surface area is 177 Å². The highest BCUT2D eigenvalue weighted by Crippen LogP contribution is 2.13. The van der Waals surface area contributed by atoms with Crippen LogP contribution in [0, 0.1) is 0 Å². The number of hydrogen-bond donors (Lipinski definition) is 2. The fourth-order valence-electron chi connectivity index (χ4n) is 2.90. The summed E-state index contributed by atoms with van der Waals surface area (Å²) in [5, 5.41) is 0.302. The van der Waals surface area contributed by atoms with Gasteiger partial charge in [-0.25, -0.2) is 22.9 Å². The van der Waals surface area contributed by atoms with Gasteiger partial charge in [-0.05, 0) is 36.4 Å². The molecule has 0 unspecified atom stereocenters. The summed E-state index contributed by atoms with van der Waals surface area (Å²) in [4.78, 5) is 40.8. The Morgan fingerprint density at radius 3 is 2.45 bits per heavy atom. The van der Waals surface area contributed by atoms with Crippen LogP contribution in [0.25, 0.3) is 10.9 Å². The van der Waals surface area contributed by atoms with Gasteiger partial charge in [0.15, 0.2) is 5.82 Å². The van der Waals surface area contributed by atoms with Crippen LogP contribution in [-0.2, 0) is 32.7 Å².